The van der Waals surface area contributed by atoms with E-state index < -0.39 is 10.6 Å². The third-order valence-electron chi connectivity index (χ3n) is 1.66. The first-order valence-electron chi connectivity index (χ1n) is 3.87. The predicted molar refractivity (Wildman–Crippen MR) is 47.7 cm³/mol. The Morgan fingerprint density at radius 3 is 3.08 bits per heavy atom. The molecule has 1 atom stereocenters. The number of hydrogen-bond acceptors (Lipinski definition) is 3. The molecule has 1 aliphatic rings. The van der Waals surface area contributed by atoms with E-state index in [1.54, 1.807) is 18.3 Å². The second kappa shape index (κ2) is 3.23. The van der Waals surface area contributed by atoms with Crippen LogP contribution in [0.3, 0.4) is 0 Å². The summed E-state index contributed by atoms with van der Waals surface area (Å²) in [6.45, 7) is 0. The lowest BCUT2D eigenvalue weighted by Crippen LogP contribution is -1.82. The van der Waals surface area contributed by atoms with Gasteiger partial charge in [-0.05, 0) is 25.0 Å². The van der Waals surface area contributed by atoms with E-state index in [9.17, 15) is 4.21 Å². The number of hydrogen-bond donors (Lipinski definition) is 1. The molecule has 1 saturated carbocycles. The van der Waals surface area contributed by atoms with Crippen molar-refractivity contribution >= 4 is 16.3 Å². The molecule has 1 aromatic heterocycles. The summed E-state index contributed by atoms with van der Waals surface area (Å²) in [6.07, 6.45) is 6.42. The highest BCUT2D eigenvalue weighted by Gasteiger charge is 2.23. The van der Waals surface area contributed by atoms with Crippen molar-refractivity contribution in [2.75, 3.05) is 0 Å². The van der Waals surface area contributed by atoms with Crippen molar-refractivity contribution in [3.63, 3.8) is 0 Å². The maximum atomic E-state index is 11.3. The Hall–Kier alpha value is -0.900. The van der Waals surface area contributed by atoms with Crippen LogP contribution in [0.15, 0.2) is 22.7 Å². The van der Waals surface area contributed by atoms with Gasteiger partial charge in [0, 0.05) is 22.0 Å². The summed E-state index contributed by atoms with van der Waals surface area (Å²) in [6, 6.07) is 3.54. The molecule has 0 bridgehead atoms. The van der Waals surface area contributed by atoms with Gasteiger partial charge in [0.05, 0.1) is 0 Å². The summed E-state index contributed by atoms with van der Waals surface area (Å²) in [4.78, 5) is 3.77. The Morgan fingerprint density at radius 1 is 1.67 bits per heavy atom. The summed E-state index contributed by atoms with van der Waals surface area (Å²) in [7, 11) is -1.40. The third-order valence-corrected chi connectivity index (χ3v) is 3.21. The fourth-order valence-electron chi connectivity index (χ4n) is 0.857. The molecule has 63 valence electrons. The average Bonchev–Trinajstić information content (AvgIpc) is 2.88. The smallest absolute Gasteiger partial charge is 0.117 e. The molecule has 1 fully saturated rings. The van der Waals surface area contributed by atoms with Gasteiger partial charge in [-0.15, -0.1) is 0 Å². The van der Waals surface area contributed by atoms with Gasteiger partial charge in [-0.2, -0.15) is 4.36 Å². The molecule has 3 nitrogen and oxygen atoms in total. The van der Waals surface area contributed by atoms with Gasteiger partial charge in [0.2, 0.25) is 0 Å². The Bertz CT molecular complexity index is 339. The molecule has 0 aromatic carbocycles. The zero-order valence-electron chi connectivity index (χ0n) is 6.47. The highest BCUT2D eigenvalue weighted by Crippen LogP contribution is 2.25. The Morgan fingerprint density at radius 2 is 2.50 bits per heavy atom. The molecule has 12 heavy (non-hydrogen) atoms. The maximum absolute atomic E-state index is 11.3. The maximum Gasteiger partial charge on any atom is 0.117 e. The SMILES string of the molecule is O=[SH](=N\c1[c]nccc1)/C1CC1. The second-order valence-corrected chi connectivity index (χ2v) is 4.30. The lowest BCUT2D eigenvalue weighted by molar-refractivity contribution is 0.688. The Kier molecular flexibility index (Phi) is 2.08. The summed E-state index contributed by atoms with van der Waals surface area (Å²) in [5.74, 6) is 0. The fourth-order valence-corrected chi connectivity index (χ4v) is 1.93. The lowest BCUT2D eigenvalue weighted by Gasteiger charge is -1.88. The molecule has 2 rings (SSSR count). The van der Waals surface area contributed by atoms with Crippen LogP contribution in [0.2, 0.25) is 0 Å². The van der Waals surface area contributed by atoms with Gasteiger partial charge in [-0.1, -0.05) is 0 Å². The first-order valence-corrected chi connectivity index (χ1v) is 5.15. The highest BCUT2D eigenvalue weighted by molar-refractivity contribution is 7.76. The molecule has 0 amide bonds. The molecule has 1 aromatic rings. The first kappa shape index (κ1) is 7.73. The number of aromatic nitrogens is 1. The lowest BCUT2D eigenvalue weighted by atomic mass is 10.4. The molecule has 1 aliphatic carbocycles. The van der Waals surface area contributed by atoms with E-state index >= 15 is 0 Å². The molecule has 0 spiro atoms. The van der Waals surface area contributed by atoms with Crippen LogP contribution >= 0.6 is 0 Å². The van der Waals surface area contributed by atoms with Crippen molar-refractivity contribution in [2.24, 2.45) is 4.36 Å². The van der Waals surface area contributed by atoms with Gasteiger partial charge in [0.15, 0.2) is 0 Å². The van der Waals surface area contributed by atoms with E-state index in [2.05, 4.69) is 15.5 Å². The summed E-state index contributed by atoms with van der Waals surface area (Å²) >= 11 is 0. The van der Waals surface area contributed by atoms with Crippen molar-refractivity contribution < 1.29 is 4.21 Å². The molecule has 1 heterocycles. The highest BCUT2D eigenvalue weighted by atomic mass is 32.2. The van der Waals surface area contributed by atoms with Crippen molar-refractivity contribution in [1.82, 2.24) is 4.98 Å². The average molecular weight is 181 g/mol. The third kappa shape index (κ3) is 1.82. The van der Waals surface area contributed by atoms with Crippen LogP contribution in [0.1, 0.15) is 12.8 Å². The minimum atomic E-state index is -1.40. The molecular formula is C8H9N2OS. The fraction of sp³-hybridized carbons (Fsp3) is 0.375. The van der Waals surface area contributed by atoms with Crippen molar-refractivity contribution in [2.45, 2.75) is 18.1 Å². The molecule has 4 heteroatoms. The van der Waals surface area contributed by atoms with Gasteiger partial charge < -0.3 is 0 Å². The van der Waals surface area contributed by atoms with E-state index in [1.807, 2.05) is 0 Å². The number of rotatable bonds is 2. The van der Waals surface area contributed by atoms with Crippen LogP contribution in [-0.2, 0) is 10.6 Å². The summed E-state index contributed by atoms with van der Waals surface area (Å²) in [5.41, 5.74) is 0.602. The van der Waals surface area contributed by atoms with Crippen LogP contribution in [-0.4, -0.2) is 14.4 Å². The van der Waals surface area contributed by atoms with Crippen molar-refractivity contribution in [1.29, 1.82) is 0 Å². The first-order chi connectivity index (χ1) is 5.86. The standard InChI is InChI=1S/C8H9N2OS/c11-12(8-3-4-8)10-7-2-1-5-9-6-7/h1-2,5,8,12H,3-4H2. The van der Waals surface area contributed by atoms with Gasteiger partial charge in [-0.3, -0.25) is 9.19 Å². The Labute approximate surface area is 73.1 Å². The van der Waals surface area contributed by atoms with Gasteiger partial charge in [-0.25, -0.2) is 0 Å². The van der Waals surface area contributed by atoms with Gasteiger partial charge in [0.25, 0.3) is 0 Å². The quantitative estimate of drug-likeness (QED) is 0.699. The molecule has 1 radical (unpaired) electrons. The predicted octanol–water partition coefficient (Wildman–Crippen LogP) is 1.34. The van der Waals surface area contributed by atoms with E-state index in [0.29, 0.717) is 10.9 Å². The number of thiol groups is 1. The Balaban J connectivity index is 2.21. The van der Waals surface area contributed by atoms with Crippen LogP contribution in [0.4, 0.5) is 5.69 Å². The minimum absolute atomic E-state index is 0.327. The molecular weight excluding hydrogens is 172 g/mol. The number of pyridine rings is 1. The van der Waals surface area contributed by atoms with Gasteiger partial charge >= 0.3 is 0 Å². The monoisotopic (exact) mass is 181 g/mol. The largest absolute Gasteiger partial charge is 0.252 e. The van der Waals surface area contributed by atoms with E-state index in [4.69, 9.17) is 0 Å². The van der Waals surface area contributed by atoms with Crippen molar-refractivity contribution in [3.8, 4) is 0 Å². The second-order valence-electron chi connectivity index (χ2n) is 2.77. The summed E-state index contributed by atoms with van der Waals surface area (Å²) in [5, 5.41) is 0.327. The molecule has 0 aliphatic heterocycles. The van der Waals surface area contributed by atoms with Crippen LogP contribution in [0.5, 0.6) is 0 Å². The molecule has 0 N–H and O–H groups in total. The van der Waals surface area contributed by atoms with Crippen LogP contribution < -0.4 is 0 Å². The minimum Gasteiger partial charge on any atom is -0.252 e. The van der Waals surface area contributed by atoms with E-state index in [-0.39, 0.29) is 0 Å². The summed E-state index contributed by atoms with van der Waals surface area (Å²) < 4.78 is 15.3. The van der Waals surface area contributed by atoms with Crippen LogP contribution in [0.25, 0.3) is 0 Å². The molecule has 0 saturated heterocycles. The normalized spacial score (nSPS) is 19.3. The van der Waals surface area contributed by atoms with Gasteiger partial charge in [0.1, 0.15) is 11.9 Å². The topological polar surface area (TPSA) is 42.3 Å². The zero-order chi connectivity index (χ0) is 8.39. The zero-order valence-corrected chi connectivity index (χ0v) is 7.37. The molecule has 1 unspecified atom stereocenters. The van der Waals surface area contributed by atoms with E-state index in [0.717, 1.165) is 12.8 Å². The van der Waals surface area contributed by atoms with Crippen LogP contribution in [0, 0.1) is 6.20 Å². The number of nitrogens with zero attached hydrogens (tertiary/aromatic N) is 2. The van der Waals surface area contributed by atoms with E-state index in [1.165, 1.54) is 0 Å². The van der Waals surface area contributed by atoms with Crippen molar-refractivity contribution in [3.05, 3.63) is 24.5 Å².